The van der Waals surface area contributed by atoms with E-state index in [0.29, 0.717) is 5.92 Å². The van der Waals surface area contributed by atoms with E-state index in [-0.39, 0.29) is 5.91 Å². The standard InChI is InChI=1S/C20H32N6O/c1-5-26-16(2)18(14-22-26)20(27)25-11-6-8-17(15-25)19-21-9-13-24(19)12-7-10-23(3)4/h9,13-14,17H,5-8,10-12,15H2,1-4H3/t17-/m1/s1. The summed E-state index contributed by atoms with van der Waals surface area (Å²) in [5, 5.41) is 4.33. The summed E-state index contributed by atoms with van der Waals surface area (Å²) >= 11 is 0. The van der Waals surface area contributed by atoms with Gasteiger partial charge in [-0.05, 0) is 53.8 Å². The molecule has 27 heavy (non-hydrogen) atoms. The quantitative estimate of drug-likeness (QED) is 0.749. The fourth-order valence-corrected chi connectivity index (χ4v) is 3.94. The Morgan fingerprint density at radius 2 is 2.19 bits per heavy atom. The van der Waals surface area contributed by atoms with Gasteiger partial charge in [0.2, 0.25) is 0 Å². The first-order valence-electron chi connectivity index (χ1n) is 9.98. The lowest BCUT2D eigenvalue weighted by atomic mass is 9.96. The molecule has 1 atom stereocenters. The van der Waals surface area contributed by atoms with Crippen LogP contribution in [0.2, 0.25) is 0 Å². The molecule has 3 heterocycles. The molecular formula is C20H32N6O. The first kappa shape index (κ1) is 19.6. The SMILES string of the molecule is CCn1ncc(C(=O)N2CCC[C@@H](c3nccn3CCCN(C)C)C2)c1C. The van der Waals surface area contributed by atoms with E-state index in [1.54, 1.807) is 6.20 Å². The second-order valence-corrected chi connectivity index (χ2v) is 7.69. The first-order valence-corrected chi connectivity index (χ1v) is 9.98. The molecule has 2 aromatic rings. The third kappa shape index (κ3) is 4.40. The van der Waals surface area contributed by atoms with Crippen molar-refractivity contribution in [3.8, 4) is 0 Å². The molecule has 0 saturated carbocycles. The van der Waals surface area contributed by atoms with E-state index in [2.05, 4.69) is 39.8 Å². The second kappa shape index (κ2) is 8.69. The predicted molar refractivity (Wildman–Crippen MR) is 106 cm³/mol. The molecule has 1 saturated heterocycles. The molecule has 1 amide bonds. The van der Waals surface area contributed by atoms with Crippen LogP contribution in [0.25, 0.3) is 0 Å². The van der Waals surface area contributed by atoms with Crippen LogP contribution in [0.3, 0.4) is 0 Å². The van der Waals surface area contributed by atoms with E-state index in [9.17, 15) is 4.79 Å². The van der Waals surface area contributed by atoms with Gasteiger partial charge in [0.15, 0.2) is 0 Å². The molecule has 1 aliphatic heterocycles. The zero-order chi connectivity index (χ0) is 19.4. The normalized spacial score (nSPS) is 17.7. The Bertz CT molecular complexity index is 762. The van der Waals surface area contributed by atoms with Crippen molar-refractivity contribution >= 4 is 5.91 Å². The Labute approximate surface area is 162 Å². The van der Waals surface area contributed by atoms with Crippen molar-refractivity contribution in [3.05, 3.63) is 35.7 Å². The van der Waals surface area contributed by atoms with Gasteiger partial charge in [-0.15, -0.1) is 0 Å². The highest BCUT2D eigenvalue weighted by atomic mass is 16.2. The molecule has 0 radical (unpaired) electrons. The van der Waals surface area contributed by atoms with Crippen LogP contribution in [-0.2, 0) is 13.1 Å². The average molecular weight is 373 g/mol. The lowest BCUT2D eigenvalue weighted by Gasteiger charge is -2.32. The van der Waals surface area contributed by atoms with Gasteiger partial charge in [-0.3, -0.25) is 9.48 Å². The van der Waals surface area contributed by atoms with Gasteiger partial charge >= 0.3 is 0 Å². The topological polar surface area (TPSA) is 59.2 Å². The summed E-state index contributed by atoms with van der Waals surface area (Å²) in [7, 11) is 4.20. The molecular weight excluding hydrogens is 340 g/mol. The van der Waals surface area contributed by atoms with Gasteiger partial charge in [-0.25, -0.2) is 4.98 Å². The number of carbonyl (C=O) groups excluding carboxylic acids is 1. The summed E-state index contributed by atoms with van der Waals surface area (Å²) in [5.74, 6) is 1.52. The first-order chi connectivity index (χ1) is 13.0. The molecule has 0 bridgehead atoms. The third-order valence-corrected chi connectivity index (χ3v) is 5.46. The number of hydrogen-bond donors (Lipinski definition) is 0. The zero-order valence-corrected chi connectivity index (χ0v) is 17.1. The number of likely N-dealkylation sites (tertiary alicyclic amines) is 1. The van der Waals surface area contributed by atoms with E-state index >= 15 is 0 Å². The van der Waals surface area contributed by atoms with Crippen molar-refractivity contribution in [2.45, 2.75) is 52.1 Å². The fourth-order valence-electron chi connectivity index (χ4n) is 3.94. The molecule has 7 heteroatoms. The number of aryl methyl sites for hydroxylation is 2. The van der Waals surface area contributed by atoms with Crippen LogP contribution in [0.1, 0.15) is 54.0 Å². The molecule has 7 nitrogen and oxygen atoms in total. The number of hydrogen-bond acceptors (Lipinski definition) is 4. The van der Waals surface area contributed by atoms with Gasteiger partial charge in [0.25, 0.3) is 5.91 Å². The third-order valence-electron chi connectivity index (χ3n) is 5.46. The highest BCUT2D eigenvalue weighted by Gasteiger charge is 2.29. The van der Waals surface area contributed by atoms with Crippen LogP contribution in [0.15, 0.2) is 18.6 Å². The molecule has 0 aromatic carbocycles. The Balaban J connectivity index is 1.68. The maximum atomic E-state index is 13.0. The lowest BCUT2D eigenvalue weighted by Crippen LogP contribution is -2.40. The summed E-state index contributed by atoms with van der Waals surface area (Å²) in [6.07, 6.45) is 8.88. The highest BCUT2D eigenvalue weighted by molar-refractivity contribution is 5.95. The monoisotopic (exact) mass is 372 g/mol. The van der Waals surface area contributed by atoms with Crippen LogP contribution in [-0.4, -0.2) is 68.8 Å². The van der Waals surface area contributed by atoms with Gasteiger partial charge in [-0.1, -0.05) is 0 Å². The molecule has 0 spiro atoms. The average Bonchev–Trinajstić information content (AvgIpc) is 3.27. The van der Waals surface area contributed by atoms with Crippen LogP contribution < -0.4 is 0 Å². The van der Waals surface area contributed by atoms with Gasteiger partial charge in [0.05, 0.1) is 11.8 Å². The van der Waals surface area contributed by atoms with E-state index in [1.807, 2.05) is 29.6 Å². The number of carbonyl (C=O) groups is 1. The van der Waals surface area contributed by atoms with Crippen LogP contribution in [0.5, 0.6) is 0 Å². The smallest absolute Gasteiger partial charge is 0.257 e. The lowest BCUT2D eigenvalue weighted by molar-refractivity contribution is 0.0702. The Morgan fingerprint density at radius 3 is 2.89 bits per heavy atom. The number of imidazole rings is 1. The zero-order valence-electron chi connectivity index (χ0n) is 17.1. The summed E-state index contributed by atoms with van der Waals surface area (Å²) < 4.78 is 4.15. The minimum absolute atomic E-state index is 0.0996. The van der Waals surface area contributed by atoms with Crippen LogP contribution in [0, 0.1) is 6.92 Å². The summed E-state index contributed by atoms with van der Waals surface area (Å²) in [6.45, 7) is 8.39. The van der Waals surface area contributed by atoms with Crippen molar-refractivity contribution in [1.82, 2.24) is 29.1 Å². The fraction of sp³-hybridized carbons (Fsp3) is 0.650. The number of piperidine rings is 1. The van der Waals surface area contributed by atoms with Crippen molar-refractivity contribution in [3.63, 3.8) is 0 Å². The van der Waals surface area contributed by atoms with Gasteiger partial charge in [-0.2, -0.15) is 5.10 Å². The number of rotatable bonds is 7. The summed E-state index contributed by atoms with van der Waals surface area (Å²) in [6, 6.07) is 0. The molecule has 3 rings (SSSR count). The molecule has 0 N–H and O–H groups in total. The minimum Gasteiger partial charge on any atom is -0.338 e. The largest absolute Gasteiger partial charge is 0.338 e. The van der Waals surface area contributed by atoms with Crippen LogP contribution >= 0.6 is 0 Å². The second-order valence-electron chi connectivity index (χ2n) is 7.69. The molecule has 0 unspecified atom stereocenters. The van der Waals surface area contributed by atoms with E-state index in [1.165, 1.54) is 0 Å². The van der Waals surface area contributed by atoms with E-state index in [0.717, 1.165) is 69.1 Å². The molecule has 148 valence electrons. The molecule has 1 aliphatic rings. The minimum atomic E-state index is 0.0996. The van der Waals surface area contributed by atoms with Gasteiger partial charge in [0, 0.05) is 50.2 Å². The van der Waals surface area contributed by atoms with Gasteiger partial charge < -0.3 is 14.4 Å². The molecule has 2 aromatic heterocycles. The van der Waals surface area contributed by atoms with Crippen molar-refractivity contribution in [2.24, 2.45) is 0 Å². The molecule has 0 aliphatic carbocycles. The van der Waals surface area contributed by atoms with Gasteiger partial charge in [0.1, 0.15) is 5.82 Å². The maximum absolute atomic E-state index is 13.0. The number of amides is 1. The summed E-state index contributed by atoms with van der Waals surface area (Å²) in [4.78, 5) is 21.9. The maximum Gasteiger partial charge on any atom is 0.257 e. The summed E-state index contributed by atoms with van der Waals surface area (Å²) in [5.41, 5.74) is 1.68. The van der Waals surface area contributed by atoms with Crippen LogP contribution in [0.4, 0.5) is 0 Å². The number of aromatic nitrogens is 4. The number of nitrogens with zero attached hydrogens (tertiary/aromatic N) is 6. The molecule has 1 fully saturated rings. The van der Waals surface area contributed by atoms with E-state index < -0.39 is 0 Å². The highest BCUT2D eigenvalue weighted by Crippen LogP contribution is 2.27. The predicted octanol–water partition coefficient (Wildman–Crippen LogP) is 2.38. The van der Waals surface area contributed by atoms with E-state index in [4.69, 9.17) is 0 Å². The Kier molecular flexibility index (Phi) is 6.31. The van der Waals surface area contributed by atoms with Crippen molar-refractivity contribution in [1.29, 1.82) is 0 Å². The Hall–Kier alpha value is -2.15. The Morgan fingerprint density at radius 1 is 1.37 bits per heavy atom. The van der Waals surface area contributed by atoms with Crippen molar-refractivity contribution < 1.29 is 4.79 Å². The van der Waals surface area contributed by atoms with Crippen molar-refractivity contribution in [2.75, 3.05) is 33.7 Å².